The first-order chi connectivity index (χ1) is 11.2. The van der Waals surface area contributed by atoms with E-state index in [0.29, 0.717) is 18.6 Å². The van der Waals surface area contributed by atoms with Gasteiger partial charge >= 0.3 is 0 Å². The average Bonchev–Trinajstić information content (AvgIpc) is 2.48. The van der Waals surface area contributed by atoms with E-state index in [0.717, 1.165) is 12.7 Å². The molecule has 0 aliphatic carbocycles. The van der Waals surface area contributed by atoms with Gasteiger partial charge in [0, 0.05) is 6.04 Å². The number of carbonyl (C=O) groups is 1. The van der Waals surface area contributed by atoms with Gasteiger partial charge < -0.3 is 25.5 Å². The minimum Gasteiger partial charge on any atom is -0.548 e. The molecule has 0 radical (unpaired) electrons. The van der Waals surface area contributed by atoms with Gasteiger partial charge in [0.05, 0.1) is 20.3 Å². The van der Waals surface area contributed by atoms with Crippen LogP contribution in [-0.4, -0.2) is 17.1 Å². The number of aliphatic carboxylic acids is 1. The predicted octanol–water partition coefficient (Wildman–Crippen LogP) is 3.22. The Morgan fingerprint density at radius 2 is 1.58 bits per heavy atom. The zero-order valence-corrected chi connectivity index (χ0v) is 20.5. The maximum absolute atomic E-state index is 10.8. The van der Waals surface area contributed by atoms with E-state index in [2.05, 4.69) is 45.2 Å². The number of carbonyl (C=O) groups excluding carboxylic acids is 1. The van der Waals surface area contributed by atoms with Crippen LogP contribution >= 0.6 is 90.4 Å². The Labute approximate surface area is 193 Å². The highest BCUT2D eigenvalue weighted by molar-refractivity contribution is 14.1. The summed E-state index contributed by atoms with van der Waals surface area (Å²) in [5.41, 5.74) is 6.34. The van der Waals surface area contributed by atoms with Crippen molar-refractivity contribution in [1.29, 1.82) is 0 Å². The summed E-state index contributed by atoms with van der Waals surface area (Å²) in [4.78, 5) is 10.8. The zero-order chi connectivity index (χ0) is 18.0. The maximum Gasteiger partial charge on any atom is 0.154 e. The monoisotopic (exact) mass is 776 g/mol. The fourth-order valence-corrected chi connectivity index (χ4v) is 5.71. The first-order valence-corrected chi connectivity index (χ1v) is 10.8. The SMILES string of the molecule is N[C@@H](Cc1cc(I)c(Oc2cc(I)c(O)c(I)c2)c(I)c1)C(=O)[O-]. The molecule has 0 heterocycles. The second-order valence-electron chi connectivity index (χ2n) is 4.86. The van der Waals surface area contributed by atoms with Crippen molar-refractivity contribution in [2.75, 3.05) is 0 Å². The van der Waals surface area contributed by atoms with E-state index in [4.69, 9.17) is 10.5 Å². The van der Waals surface area contributed by atoms with E-state index in [-0.39, 0.29) is 12.2 Å². The van der Waals surface area contributed by atoms with E-state index in [1.807, 2.05) is 57.3 Å². The highest BCUT2D eigenvalue weighted by Crippen LogP contribution is 2.36. The Morgan fingerprint density at radius 1 is 1.08 bits per heavy atom. The highest BCUT2D eigenvalue weighted by Gasteiger charge is 2.14. The smallest absolute Gasteiger partial charge is 0.154 e. The summed E-state index contributed by atoms with van der Waals surface area (Å²) in [5.74, 6) is 0.268. The second kappa shape index (κ2) is 8.85. The Bertz CT molecular complexity index is 751. The summed E-state index contributed by atoms with van der Waals surface area (Å²) in [6.07, 6.45) is 0.198. The third kappa shape index (κ3) is 5.20. The summed E-state index contributed by atoms with van der Waals surface area (Å²) in [5, 5.41) is 20.6. The van der Waals surface area contributed by atoms with Crippen LogP contribution < -0.4 is 15.6 Å². The van der Waals surface area contributed by atoms with Crippen molar-refractivity contribution in [3.8, 4) is 17.2 Å². The summed E-state index contributed by atoms with van der Waals surface area (Å²) in [6, 6.07) is 6.16. The molecule has 2 rings (SSSR count). The van der Waals surface area contributed by atoms with Crippen molar-refractivity contribution in [3.63, 3.8) is 0 Å². The molecule has 0 fully saturated rings. The quantitative estimate of drug-likeness (QED) is 0.456. The average molecular weight is 776 g/mol. The molecule has 128 valence electrons. The molecule has 5 nitrogen and oxygen atoms in total. The van der Waals surface area contributed by atoms with Crippen LogP contribution in [0.2, 0.25) is 0 Å². The molecule has 0 bridgehead atoms. The molecule has 0 amide bonds. The second-order valence-corrected chi connectivity index (χ2v) is 9.50. The molecule has 2 aromatic rings. The molecular weight excluding hydrogens is 766 g/mol. The molecule has 1 atom stereocenters. The number of aromatic hydroxyl groups is 1. The predicted molar refractivity (Wildman–Crippen MR) is 122 cm³/mol. The Balaban J connectivity index is 2.30. The van der Waals surface area contributed by atoms with E-state index >= 15 is 0 Å². The van der Waals surface area contributed by atoms with E-state index in [1.165, 1.54) is 0 Å². The number of phenolic OH excluding ortho intramolecular Hbond substituents is 1. The fraction of sp³-hybridized carbons (Fsp3) is 0.133. The van der Waals surface area contributed by atoms with Gasteiger partial charge in [-0.2, -0.15) is 0 Å². The topological polar surface area (TPSA) is 95.6 Å². The van der Waals surface area contributed by atoms with E-state index < -0.39 is 12.0 Å². The van der Waals surface area contributed by atoms with Crippen molar-refractivity contribution in [2.24, 2.45) is 5.73 Å². The molecule has 3 N–H and O–H groups in total. The molecule has 0 aliphatic rings. The standard InChI is InChI=1S/C15H11I4NO4/c16-8-4-7(5-9(17)13(8)21)24-14-10(18)1-6(2-11(14)19)3-12(20)15(22)23/h1-2,4-5,12,21H,3,20H2,(H,22,23)/p-1/t12-/m0/s1. The lowest BCUT2D eigenvalue weighted by atomic mass is 10.1. The number of carboxylic acids is 1. The molecule has 0 aliphatic heterocycles. The molecule has 0 saturated carbocycles. The first kappa shape index (κ1) is 20.7. The van der Waals surface area contributed by atoms with Gasteiger partial charge in [0.2, 0.25) is 0 Å². The van der Waals surface area contributed by atoms with Crippen molar-refractivity contribution in [3.05, 3.63) is 44.1 Å². The van der Waals surface area contributed by atoms with Gasteiger partial charge in [0.25, 0.3) is 0 Å². The van der Waals surface area contributed by atoms with Crippen LogP contribution in [0.4, 0.5) is 0 Å². The molecule has 0 aromatic heterocycles. The number of hydrogen-bond acceptors (Lipinski definition) is 5. The summed E-state index contributed by atoms with van der Waals surface area (Å²) in [7, 11) is 0. The van der Waals surface area contributed by atoms with Crippen LogP contribution in [-0.2, 0) is 11.2 Å². The van der Waals surface area contributed by atoms with E-state index in [1.54, 1.807) is 12.1 Å². The first-order valence-electron chi connectivity index (χ1n) is 6.49. The van der Waals surface area contributed by atoms with Crippen LogP contribution in [0, 0.1) is 14.3 Å². The molecule has 0 unspecified atom stereocenters. The molecule has 0 spiro atoms. The van der Waals surface area contributed by atoms with Gasteiger partial charge in [0.1, 0.15) is 11.5 Å². The number of nitrogens with two attached hydrogens (primary N) is 1. The number of rotatable bonds is 5. The zero-order valence-electron chi connectivity index (χ0n) is 11.9. The van der Waals surface area contributed by atoms with Crippen LogP contribution in [0.1, 0.15) is 5.56 Å². The molecular formula is C15H10I4NO4-. The lowest BCUT2D eigenvalue weighted by Crippen LogP contribution is -2.43. The lowest BCUT2D eigenvalue weighted by molar-refractivity contribution is -0.307. The molecule has 9 heteroatoms. The number of benzene rings is 2. The maximum atomic E-state index is 10.8. The molecule has 2 aromatic carbocycles. The Kier molecular flexibility index (Phi) is 7.64. The number of carboxylic acid groups (broad SMARTS) is 1. The van der Waals surface area contributed by atoms with Gasteiger partial charge in [0.15, 0.2) is 5.75 Å². The number of ether oxygens (including phenoxy) is 1. The van der Waals surface area contributed by atoms with Gasteiger partial charge in [-0.05, 0) is 127 Å². The van der Waals surface area contributed by atoms with Crippen LogP contribution in [0.3, 0.4) is 0 Å². The van der Waals surface area contributed by atoms with Gasteiger partial charge in [-0.1, -0.05) is 0 Å². The van der Waals surface area contributed by atoms with Crippen molar-refractivity contribution in [1.82, 2.24) is 0 Å². The summed E-state index contributed by atoms with van der Waals surface area (Å²) < 4.78 is 9.07. The van der Waals surface area contributed by atoms with Gasteiger partial charge in [-0.15, -0.1) is 0 Å². The normalized spacial score (nSPS) is 12.0. The fourth-order valence-electron chi connectivity index (χ4n) is 1.88. The molecule has 24 heavy (non-hydrogen) atoms. The van der Waals surface area contributed by atoms with Crippen LogP contribution in [0.15, 0.2) is 24.3 Å². The Morgan fingerprint density at radius 3 is 2.04 bits per heavy atom. The molecule has 0 saturated heterocycles. The van der Waals surface area contributed by atoms with E-state index in [9.17, 15) is 15.0 Å². The lowest BCUT2D eigenvalue weighted by Gasteiger charge is -2.16. The summed E-state index contributed by atoms with van der Waals surface area (Å²) >= 11 is 8.37. The third-order valence-electron chi connectivity index (χ3n) is 3.03. The highest BCUT2D eigenvalue weighted by atomic mass is 127. The largest absolute Gasteiger partial charge is 0.548 e. The van der Waals surface area contributed by atoms with Gasteiger partial charge in [-0.3, -0.25) is 0 Å². The van der Waals surface area contributed by atoms with Crippen molar-refractivity contribution >= 4 is 96.3 Å². The minimum absolute atomic E-state index is 0.198. The minimum atomic E-state index is -1.27. The number of hydrogen-bond donors (Lipinski definition) is 2. The van der Waals surface area contributed by atoms with Crippen molar-refractivity contribution in [2.45, 2.75) is 12.5 Å². The van der Waals surface area contributed by atoms with Crippen LogP contribution in [0.25, 0.3) is 0 Å². The Hall–Kier alpha value is 0.390. The number of halogens is 4. The number of phenols is 1. The van der Waals surface area contributed by atoms with Crippen molar-refractivity contribution < 1.29 is 19.7 Å². The summed E-state index contributed by atoms with van der Waals surface area (Å²) in [6.45, 7) is 0. The van der Waals surface area contributed by atoms with Gasteiger partial charge in [-0.25, -0.2) is 0 Å². The van der Waals surface area contributed by atoms with Crippen LogP contribution in [0.5, 0.6) is 17.2 Å². The third-order valence-corrected chi connectivity index (χ3v) is 6.27.